The Balaban J connectivity index is 0.00000220. The molecule has 2 rings (SSSR count). The predicted molar refractivity (Wildman–Crippen MR) is 70.1 cm³/mol. The minimum Gasteiger partial charge on any atom is -1.00 e. The highest BCUT2D eigenvalue weighted by Crippen LogP contribution is 2.17. The number of nitrogens with one attached hydrogen (secondary N) is 2. The zero-order valence-corrected chi connectivity index (χ0v) is 12.3. The third-order valence-electron chi connectivity index (χ3n) is 2.58. The number of benzene rings is 1. The fourth-order valence-electron chi connectivity index (χ4n) is 1.57. The number of aromatic amines is 1. The number of sulfonamides is 1. The highest BCUT2D eigenvalue weighted by atomic mass is 35.5. The smallest absolute Gasteiger partial charge is 0.270 e. The van der Waals surface area contributed by atoms with Gasteiger partial charge in [-0.15, -0.1) is 0 Å². The van der Waals surface area contributed by atoms with Crippen LogP contribution in [0.25, 0.3) is 0 Å². The van der Waals surface area contributed by atoms with Crippen LogP contribution in [-0.2, 0) is 16.6 Å². The molecule has 0 aliphatic heterocycles. The number of non-ortho nitro benzene ring substituents is 1. The van der Waals surface area contributed by atoms with Crippen molar-refractivity contribution >= 4 is 15.7 Å². The quantitative estimate of drug-likeness (QED) is 0.501. The Morgan fingerprint density at radius 2 is 2.00 bits per heavy atom. The van der Waals surface area contributed by atoms with Gasteiger partial charge in [0.05, 0.1) is 9.82 Å². The Kier molecular flexibility index (Phi) is 5.77. The summed E-state index contributed by atoms with van der Waals surface area (Å²) < 4.78 is 26.5. The Morgan fingerprint density at radius 1 is 1.24 bits per heavy atom. The summed E-state index contributed by atoms with van der Waals surface area (Å²) >= 11 is 0. The maximum Gasteiger partial charge on any atom is 0.270 e. The Hall–Kier alpha value is -2.03. The summed E-state index contributed by atoms with van der Waals surface area (Å²) in [7, 11) is -3.78. The molecule has 0 amide bonds. The molecule has 0 atom stereocenters. The van der Waals surface area contributed by atoms with Gasteiger partial charge in [-0.1, -0.05) is 6.07 Å². The van der Waals surface area contributed by atoms with Crippen molar-refractivity contribution in [1.82, 2.24) is 4.72 Å². The fraction of sp³-hybridized carbons (Fsp3) is 0.0833. The maximum absolute atomic E-state index is 12.0. The van der Waals surface area contributed by atoms with E-state index in [1.165, 1.54) is 18.2 Å². The molecule has 21 heavy (non-hydrogen) atoms. The van der Waals surface area contributed by atoms with Gasteiger partial charge in [0.25, 0.3) is 5.69 Å². The van der Waals surface area contributed by atoms with Gasteiger partial charge in [0.1, 0.15) is 0 Å². The molecule has 0 aliphatic carbocycles. The topological polar surface area (TPSA) is 103 Å². The maximum atomic E-state index is 12.0. The summed E-state index contributed by atoms with van der Waals surface area (Å²) in [5.41, 5.74) is 0.488. The van der Waals surface area contributed by atoms with E-state index in [4.69, 9.17) is 0 Å². The van der Waals surface area contributed by atoms with Gasteiger partial charge in [0.15, 0.2) is 12.4 Å². The van der Waals surface area contributed by atoms with Crippen molar-refractivity contribution in [1.29, 1.82) is 0 Å². The molecule has 7 nitrogen and oxygen atoms in total. The monoisotopic (exact) mass is 329 g/mol. The molecule has 0 saturated heterocycles. The second-order valence-corrected chi connectivity index (χ2v) is 5.76. The van der Waals surface area contributed by atoms with E-state index in [1.54, 1.807) is 24.5 Å². The van der Waals surface area contributed by atoms with Crippen LogP contribution in [0.1, 0.15) is 5.56 Å². The minimum absolute atomic E-state index is 0. The summed E-state index contributed by atoms with van der Waals surface area (Å²) in [4.78, 5) is 12.7. The lowest BCUT2D eigenvalue weighted by atomic mass is 10.3. The van der Waals surface area contributed by atoms with E-state index in [-0.39, 0.29) is 29.5 Å². The summed E-state index contributed by atoms with van der Waals surface area (Å²) in [6.45, 7) is 0.0996. The molecule has 2 N–H and O–H groups in total. The van der Waals surface area contributed by atoms with Crippen molar-refractivity contribution in [2.75, 3.05) is 0 Å². The molecule has 0 spiro atoms. The van der Waals surface area contributed by atoms with Gasteiger partial charge < -0.3 is 12.4 Å². The number of pyridine rings is 1. The number of nitrogens with zero attached hydrogens (tertiary/aromatic N) is 1. The molecule has 1 aromatic carbocycles. The SMILES string of the molecule is O=[N+]([O-])c1cccc(S(=O)(=O)NCc2ccc[nH+]c2)c1.[Cl-]. The van der Waals surface area contributed by atoms with Crippen LogP contribution < -0.4 is 22.1 Å². The predicted octanol–water partition coefficient (Wildman–Crippen LogP) is -2.11. The van der Waals surface area contributed by atoms with Crippen LogP contribution in [0.2, 0.25) is 0 Å². The van der Waals surface area contributed by atoms with Crippen molar-refractivity contribution in [3.8, 4) is 0 Å². The lowest BCUT2D eigenvalue weighted by Crippen LogP contribution is -3.00. The third-order valence-corrected chi connectivity index (χ3v) is 3.98. The number of nitro groups is 1. The van der Waals surface area contributed by atoms with Crippen LogP contribution in [0.5, 0.6) is 0 Å². The first-order valence-electron chi connectivity index (χ1n) is 5.68. The molecule has 0 unspecified atom stereocenters. The molecule has 2 aromatic rings. The summed E-state index contributed by atoms with van der Waals surface area (Å²) in [5.74, 6) is 0. The number of halogens is 1. The van der Waals surface area contributed by atoms with E-state index < -0.39 is 14.9 Å². The first kappa shape index (κ1) is 17.0. The normalized spacial score (nSPS) is 10.7. The summed E-state index contributed by atoms with van der Waals surface area (Å²) in [6, 6.07) is 8.42. The van der Waals surface area contributed by atoms with Gasteiger partial charge in [-0.2, -0.15) is 0 Å². The molecular weight excluding hydrogens is 318 g/mol. The fourth-order valence-corrected chi connectivity index (χ4v) is 2.62. The van der Waals surface area contributed by atoms with Gasteiger partial charge >= 0.3 is 0 Å². The Morgan fingerprint density at radius 3 is 2.62 bits per heavy atom. The second-order valence-electron chi connectivity index (χ2n) is 3.99. The number of rotatable bonds is 5. The summed E-state index contributed by atoms with van der Waals surface area (Å²) in [5, 5.41) is 10.6. The van der Waals surface area contributed by atoms with Gasteiger partial charge in [0, 0.05) is 30.3 Å². The molecule has 9 heteroatoms. The average Bonchev–Trinajstić information content (AvgIpc) is 2.46. The van der Waals surface area contributed by atoms with E-state index in [0.717, 1.165) is 11.6 Å². The zero-order valence-electron chi connectivity index (χ0n) is 10.7. The molecule has 0 bridgehead atoms. The zero-order chi connectivity index (χ0) is 14.6. The number of H-pyrrole nitrogens is 1. The van der Waals surface area contributed by atoms with Gasteiger partial charge in [-0.3, -0.25) is 10.1 Å². The number of nitro benzene ring substituents is 1. The lowest BCUT2D eigenvalue weighted by molar-refractivity contribution is -0.385. The molecule has 112 valence electrons. The molecule has 0 saturated carbocycles. The first-order chi connectivity index (χ1) is 9.49. The number of hydrogen-bond acceptors (Lipinski definition) is 4. The molecule has 1 aromatic heterocycles. The van der Waals surface area contributed by atoms with Crippen LogP contribution in [0.3, 0.4) is 0 Å². The van der Waals surface area contributed by atoms with Gasteiger partial charge in [0.2, 0.25) is 10.0 Å². The van der Waals surface area contributed by atoms with Crippen LogP contribution >= 0.6 is 0 Å². The van der Waals surface area contributed by atoms with Crippen LogP contribution in [0, 0.1) is 10.1 Å². The van der Waals surface area contributed by atoms with Crippen molar-refractivity contribution < 1.29 is 30.7 Å². The van der Waals surface area contributed by atoms with E-state index in [2.05, 4.69) is 9.71 Å². The highest BCUT2D eigenvalue weighted by molar-refractivity contribution is 7.89. The van der Waals surface area contributed by atoms with Gasteiger partial charge in [-0.05, 0) is 12.1 Å². The van der Waals surface area contributed by atoms with Gasteiger partial charge in [-0.25, -0.2) is 18.1 Å². The lowest BCUT2D eigenvalue weighted by Gasteiger charge is -2.05. The third kappa shape index (κ3) is 4.48. The van der Waals surface area contributed by atoms with Crippen LogP contribution in [0.4, 0.5) is 5.69 Å². The van der Waals surface area contributed by atoms with Crippen LogP contribution in [0.15, 0.2) is 53.7 Å². The molecule has 1 heterocycles. The van der Waals surface area contributed by atoms with E-state index in [0.29, 0.717) is 0 Å². The number of aromatic nitrogens is 1. The van der Waals surface area contributed by atoms with Crippen molar-refractivity contribution in [2.45, 2.75) is 11.4 Å². The standard InChI is InChI=1S/C12H11N3O4S.ClH/c16-15(17)11-4-1-5-12(7-11)20(18,19)14-9-10-3-2-6-13-8-10;/h1-8,14H,9H2;1H. The van der Waals surface area contributed by atoms with Crippen molar-refractivity contribution in [3.63, 3.8) is 0 Å². The van der Waals surface area contributed by atoms with Crippen molar-refractivity contribution in [2.24, 2.45) is 0 Å². The van der Waals surface area contributed by atoms with E-state index >= 15 is 0 Å². The summed E-state index contributed by atoms with van der Waals surface area (Å²) in [6.07, 6.45) is 3.37. The molecule has 0 aliphatic rings. The molecule has 0 radical (unpaired) electrons. The number of hydrogen-bond donors (Lipinski definition) is 1. The van der Waals surface area contributed by atoms with E-state index in [9.17, 15) is 18.5 Å². The first-order valence-corrected chi connectivity index (χ1v) is 7.16. The average molecular weight is 330 g/mol. The largest absolute Gasteiger partial charge is 1.00 e. The second kappa shape index (κ2) is 7.11. The highest BCUT2D eigenvalue weighted by Gasteiger charge is 2.17. The van der Waals surface area contributed by atoms with Crippen LogP contribution in [-0.4, -0.2) is 13.3 Å². The van der Waals surface area contributed by atoms with Crippen molar-refractivity contribution in [3.05, 3.63) is 64.5 Å². The molecule has 0 fully saturated rings. The molecular formula is C12H12ClN3O4S. The Bertz CT molecular complexity index is 722. The Labute approximate surface area is 127 Å². The minimum atomic E-state index is -3.78. The van der Waals surface area contributed by atoms with E-state index in [1.807, 2.05) is 0 Å².